The van der Waals surface area contributed by atoms with Crippen LogP contribution in [0.25, 0.3) is 0 Å². The molecule has 1 atom stereocenters. The lowest BCUT2D eigenvalue weighted by Crippen LogP contribution is -2.33. The molecule has 1 aromatic heterocycles. The molecule has 5 nitrogen and oxygen atoms in total. The summed E-state index contributed by atoms with van der Waals surface area (Å²) in [4.78, 5) is 26.7. The van der Waals surface area contributed by atoms with Gasteiger partial charge in [0.2, 0.25) is 0 Å². The van der Waals surface area contributed by atoms with Gasteiger partial charge in [0, 0.05) is 9.75 Å². The molecule has 1 N–H and O–H groups in total. The van der Waals surface area contributed by atoms with E-state index in [1.807, 2.05) is 68.4 Å². The molecule has 2 aromatic carbocycles. The van der Waals surface area contributed by atoms with Crippen LogP contribution in [-0.2, 0) is 9.53 Å². The number of hydrogen-bond donors (Lipinski definition) is 1. The van der Waals surface area contributed by atoms with Crippen molar-refractivity contribution in [3.8, 4) is 5.75 Å². The summed E-state index contributed by atoms with van der Waals surface area (Å²) >= 11 is 1.53. The first-order valence-electron chi connectivity index (χ1n) is 9.20. The lowest BCUT2D eigenvalue weighted by molar-refractivity contribution is -0.124. The van der Waals surface area contributed by atoms with Crippen LogP contribution in [0.1, 0.15) is 37.3 Å². The largest absolute Gasteiger partial charge is 0.497 e. The molecule has 3 aromatic rings. The molecule has 1 amide bonds. The van der Waals surface area contributed by atoms with Crippen LogP contribution in [0.15, 0.2) is 60.7 Å². The zero-order valence-corrected chi connectivity index (χ0v) is 17.4. The minimum atomic E-state index is -0.484. The number of amides is 1. The minimum absolute atomic E-state index is 0.341. The molecule has 3 rings (SSSR count). The Morgan fingerprint density at radius 3 is 2.24 bits per heavy atom. The van der Waals surface area contributed by atoms with Gasteiger partial charge in [0.05, 0.1) is 18.7 Å². The van der Waals surface area contributed by atoms with Gasteiger partial charge < -0.3 is 14.8 Å². The Morgan fingerprint density at radius 1 is 1.00 bits per heavy atom. The molecule has 0 bridgehead atoms. The average molecular weight is 410 g/mol. The number of methoxy groups -OCH3 is 1. The van der Waals surface area contributed by atoms with Crippen molar-refractivity contribution in [2.24, 2.45) is 0 Å². The van der Waals surface area contributed by atoms with Crippen molar-refractivity contribution in [1.29, 1.82) is 0 Å². The standard InChI is InChI=1S/C23H23NO4S/c1-15-13-20(16(2)29-15)23(26)28-14-21(25)24-22(17-7-5-4-6-8-17)18-9-11-19(27-3)12-10-18/h4-13,22H,14H2,1-3H3,(H,24,25)/t22-/m0/s1. The van der Waals surface area contributed by atoms with Crippen molar-refractivity contribution in [3.63, 3.8) is 0 Å². The average Bonchev–Trinajstić information content (AvgIpc) is 3.09. The van der Waals surface area contributed by atoms with Gasteiger partial charge in [0.1, 0.15) is 5.75 Å². The molecular weight excluding hydrogens is 386 g/mol. The Bertz CT molecular complexity index is 980. The number of benzene rings is 2. The van der Waals surface area contributed by atoms with E-state index < -0.39 is 5.97 Å². The molecule has 0 unspecified atom stereocenters. The van der Waals surface area contributed by atoms with Gasteiger partial charge in [-0.05, 0) is 43.2 Å². The smallest absolute Gasteiger partial charge is 0.339 e. The summed E-state index contributed by atoms with van der Waals surface area (Å²) in [5.74, 6) is -0.113. The maximum absolute atomic E-state index is 12.5. The van der Waals surface area contributed by atoms with Gasteiger partial charge >= 0.3 is 5.97 Å². The molecule has 6 heteroatoms. The predicted octanol–water partition coefficient (Wildman–Crippen LogP) is 4.44. The maximum atomic E-state index is 12.5. The summed E-state index contributed by atoms with van der Waals surface area (Å²) in [5, 5.41) is 2.96. The van der Waals surface area contributed by atoms with Crippen LogP contribution in [0.3, 0.4) is 0 Å². The summed E-state index contributed by atoms with van der Waals surface area (Å²) < 4.78 is 10.4. The lowest BCUT2D eigenvalue weighted by Gasteiger charge is -2.20. The zero-order chi connectivity index (χ0) is 20.8. The van der Waals surface area contributed by atoms with Crippen LogP contribution in [0.5, 0.6) is 5.75 Å². The van der Waals surface area contributed by atoms with E-state index >= 15 is 0 Å². The summed E-state index contributed by atoms with van der Waals surface area (Å²) in [7, 11) is 1.61. The summed E-state index contributed by atoms with van der Waals surface area (Å²) in [6, 6.07) is 18.6. The lowest BCUT2D eigenvalue weighted by atomic mass is 9.98. The predicted molar refractivity (Wildman–Crippen MR) is 113 cm³/mol. The highest BCUT2D eigenvalue weighted by molar-refractivity contribution is 7.12. The number of nitrogens with one attached hydrogen (secondary N) is 1. The molecule has 0 aliphatic carbocycles. The Balaban J connectivity index is 1.71. The van der Waals surface area contributed by atoms with Crippen molar-refractivity contribution in [3.05, 3.63) is 87.1 Å². The van der Waals surface area contributed by atoms with Crippen LogP contribution >= 0.6 is 11.3 Å². The molecule has 1 heterocycles. The molecule has 0 saturated heterocycles. The molecule has 150 valence electrons. The van der Waals surface area contributed by atoms with Gasteiger partial charge in [0.15, 0.2) is 6.61 Å². The second-order valence-electron chi connectivity index (χ2n) is 6.59. The monoisotopic (exact) mass is 409 g/mol. The Labute approximate surface area is 174 Å². The third-order valence-corrected chi connectivity index (χ3v) is 5.45. The van der Waals surface area contributed by atoms with Gasteiger partial charge in [-0.3, -0.25) is 4.79 Å². The first kappa shape index (κ1) is 20.6. The summed E-state index contributed by atoms with van der Waals surface area (Å²) in [5.41, 5.74) is 2.35. The summed E-state index contributed by atoms with van der Waals surface area (Å²) in [6.45, 7) is 3.45. The maximum Gasteiger partial charge on any atom is 0.339 e. The molecule has 0 saturated carbocycles. The van der Waals surface area contributed by atoms with Crippen LogP contribution in [-0.4, -0.2) is 25.6 Å². The molecule has 0 spiro atoms. The van der Waals surface area contributed by atoms with Gasteiger partial charge in [-0.25, -0.2) is 4.79 Å². The number of rotatable bonds is 7. The van der Waals surface area contributed by atoms with Crippen LogP contribution < -0.4 is 10.1 Å². The minimum Gasteiger partial charge on any atom is -0.497 e. The van der Waals surface area contributed by atoms with E-state index in [2.05, 4.69) is 5.32 Å². The van der Waals surface area contributed by atoms with Gasteiger partial charge in [0.25, 0.3) is 5.91 Å². The number of carbonyl (C=O) groups is 2. The highest BCUT2D eigenvalue weighted by Gasteiger charge is 2.19. The van der Waals surface area contributed by atoms with Crippen molar-refractivity contribution in [2.75, 3.05) is 13.7 Å². The second kappa shape index (κ2) is 9.39. The highest BCUT2D eigenvalue weighted by atomic mass is 32.1. The van der Waals surface area contributed by atoms with Crippen LogP contribution in [0.2, 0.25) is 0 Å². The van der Waals surface area contributed by atoms with Crippen molar-refractivity contribution >= 4 is 23.2 Å². The van der Waals surface area contributed by atoms with Crippen LogP contribution in [0, 0.1) is 13.8 Å². The number of carbonyl (C=O) groups excluding carboxylic acids is 2. The highest BCUT2D eigenvalue weighted by Crippen LogP contribution is 2.24. The normalized spacial score (nSPS) is 11.6. The van der Waals surface area contributed by atoms with Crippen LogP contribution in [0.4, 0.5) is 0 Å². The summed E-state index contributed by atoms with van der Waals surface area (Å²) in [6.07, 6.45) is 0. The van der Waals surface area contributed by atoms with Crippen molar-refractivity contribution < 1.29 is 19.1 Å². The molecule has 0 radical (unpaired) electrons. The number of ether oxygens (including phenoxy) is 2. The molecule has 0 fully saturated rings. The van der Waals surface area contributed by atoms with E-state index in [1.54, 1.807) is 13.2 Å². The Kier molecular flexibility index (Phi) is 6.67. The van der Waals surface area contributed by atoms with E-state index in [1.165, 1.54) is 11.3 Å². The van der Waals surface area contributed by atoms with E-state index in [0.717, 1.165) is 26.6 Å². The molecule has 29 heavy (non-hydrogen) atoms. The Morgan fingerprint density at radius 2 is 1.66 bits per heavy atom. The number of hydrogen-bond acceptors (Lipinski definition) is 5. The molecular formula is C23H23NO4S. The Hall–Kier alpha value is -3.12. The third kappa shape index (κ3) is 5.23. The first-order valence-corrected chi connectivity index (χ1v) is 10.0. The zero-order valence-electron chi connectivity index (χ0n) is 16.6. The number of thiophene rings is 1. The number of esters is 1. The fourth-order valence-electron chi connectivity index (χ4n) is 3.05. The van der Waals surface area contributed by atoms with Crippen molar-refractivity contribution in [2.45, 2.75) is 19.9 Å². The molecule has 0 aliphatic rings. The molecule has 0 aliphatic heterocycles. The van der Waals surface area contributed by atoms with Gasteiger partial charge in [-0.15, -0.1) is 11.3 Å². The topological polar surface area (TPSA) is 64.6 Å². The first-order chi connectivity index (χ1) is 14.0. The quantitative estimate of drug-likeness (QED) is 0.586. The van der Waals surface area contributed by atoms with E-state index in [0.29, 0.717) is 5.56 Å². The fourth-order valence-corrected chi connectivity index (χ4v) is 3.96. The van der Waals surface area contributed by atoms with Gasteiger partial charge in [-0.1, -0.05) is 42.5 Å². The van der Waals surface area contributed by atoms with E-state index in [-0.39, 0.29) is 18.6 Å². The van der Waals surface area contributed by atoms with E-state index in [4.69, 9.17) is 9.47 Å². The van der Waals surface area contributed by atoms with E-state index in [9.17, 15) is 9.59 Å². The van der Waals surface area contributed by atoms with Gasteiger partial charge in [-0.2, -0.15) is 0 Å². The number of aryl methyl sites for hydroxylation is 2. The SMILES string of the molecule is COc1ccc([C@@H](NC(=O)COC(=O)c2cc(C)sc2C)c2ccccc2)cc1. The third-order valence-electron chi connectivity index (χ3n) is 4.48. The second-order valence-corrected chi connectivity index (χ2v) is 8.05. The fraction of sp³-hybridized carbons (Fsp3) is 0.217. The van der Waals surface area contributed by atoms with Crippen molar-refractivity contribution in [1.82, 2.24) is 5.32 Å².